The van der Waals surface area contributed by atoms with Crippen molar-refractivity contribution in [2.24, 2.45) is 5.92 Å². The van der Waals surface area contributed by atoms with Gasteiger partial charge in [-0.05, 0) is 25.5 Å². The van der Waals surface area contributed by atoms with Crippen LogP contribution in [0.1, 0.15) is 22.6 Å². The lowest BCUT2D eigenvalue weighted by atomic mass is 9.97. The Morgan fingerprint density at radius 1 is 1.35 bits per heavy atom. The van der Waals surface area contributed by atoms with Crippen molar-refractivity contribution in [2.45, 2.75) is 19.4 Å². The van der Waals surface area contributed by atoms with Crippen molar-refractivity contribution >= 4 is 5.91 Å². The first kappa shape index (κ1) is 16.4. The molecule has 0 aromatic carbocycles. The molecule has 0 bridgehead atoms. The summed E-state index contributed by atoms with van der Waals surface area (Å²) in [7, 11) is 0. The van der Waals surface area contributed by atoms with Crippen LogP contribution in [0.3, 0.4) is 0 Å². The van der Waals surface area contributed by atoms with Crippen molar-refractivity contribution in [1.29, 1.82) is 0 Å². The Kier molecular flexibility index (Phi) is 5.59. The van der Waals surface area contributed by atoms with Crippen LogP contribution in [0, 0.1) is 12.8 Å². The number of rotatable bonds is 5. The molecule has 2 saturated heterocycles. The molecule has 2 fully saturated rings. The molecule has 0 saturated carbocycles. The molecule has 6 heteroatoms. The zero-order valence-electron chi connectivity index (χ0n) is 13.7. The van der Waals surface area contributed by atoms with Crippen LogP contribution in [0.15, 0.2) is 18.2 Å². The normalized spacial score (nSPS) is 23.6. The number of pyridine rings is 1. The third kappa shape index (κ3) is 4.28. The number of carbonyl (C=O) groups excluding carboxylic acids is 1. The fourth-order valence-electron chi connectivity index (χ4n) is 3.32. The molecule has 23 heavy (non-hydrogen) atoms. The maximum atomic E-state index is 12.4. The molecule has 0 radical (unpaired) electrons. The summed E-state index contributed by atoms with van der Waals surface area (Å²) in [5.41, 5.74) is 1.33. The molecule has 1 aromatic rings. The van der Waals surface area contributed by atoms with Crippen LogP contribution in [0.4, 0.5) is 0 Å². The minimum atomic E-state index is -0.106. The number of aryl methyl sites for hydroxylation is 1. The van der Waals surface area contributed by atoms with Crippen molar-refractivity contribution in [2.75, 3.05) is 46.1 Å². The summed E-state index contributed by atoms with van der Waals surface area (Å²) in [6.07, 6.45) is 1.06. The van der Waals surface area contributed by atoms with Crippen molar-refractivity contribution in [3.05, 3.63) is 29.6 Å². The molecular formula is C17H25N3O3. The predicted octanol–water partition coefficient (Wildman–Crippen LogP) is 0.857. The Morgan fingerprint density at radius 3 is 2.87 bits per heavy atom. The number of aromatic nitrogens is 1. The number of ether oxygens (including phenoxy) is 2. The monoisotopic (exact) mass is 319 g/mol. The molecule has 2 aliphatic rings. The van der Waals surface area contributed by atoms with Gasteiger partial charge in [-0.15, -0.1) is 0 Å². The molecule has 0 aliphatic carbocycles. The number of nitrogens with one attached hydrogen (secondary N) is 1. The van der Waals surface area contributed by atoms with Gasteiger partial charge in [-0.3, -0.25) is 9.69 Å². The van der Waals surface area contributed by atoms with Gasteiger partial charge in [0, 0.05) is 43.9 Å². The lowest BCUT2D eigenvalue weighted by molar-refractivity contribution is 0.00165. The van der Waals surface area contributed by atoms with Gasteiger partial charge in [0.1, 0.15) is 5.69 Å². The standard InChI is InChI=1S/C17H25N3O3/c1-13-3-2-4-15(19-13)17(21)18-11-16(14-5-8-23-12-14)20-6-9-22-10-7-20/h2-4,14,16H,5-12H2,1H3,(H,18,21). The van der Waals surface area contributed by atoms with E-state index in [-0.39, 0.29) is 5.91 Å². The highest BCUT2D eigenvalue weighted by molar-refractivity contribution is 5.92. The topological polar surface area (TPSA) is 63.7 Å². The molecule has 0 spiro atoms. The third-order valence-electron chi connectivity index (χ3n) is 4.62. The van der Waals surface area contributed by atoms with E-state index in [4.69, 9.17) is 9.47 Å². The number of carbonyl (C=O) groups is 1. The molecule has 1 aromatic heterocycles. The summed E-state index contributed by atoms with van der Waals surface area (Å²) >= 11 is 0. The number of hydrogen-bond acceptors (Lipinski definition) is 5. The second-order valence-corrected chi connectivity index (χ2v) is 6.21. The number of nitrogens with zero attached hydrogens (tertiary/aromatic N) is 2. The van der Waals surface area contributed by atoms with Gasteiger partial charge in [-0.2, -0.15) is 0 Å². The van der Waals surface area contributed by atoms with Gasteiger partial charge < -0.3 is 14.8 Å². The van der Waals surface area contributed by atoms with E-state index < -0.39 is 0 Å². The van der Waals surface area contributed by atoms with Gasteiger partial charge in [0.05, 0.1) is 19.8 Å². The number of amides is 1. The highest BCUT2D eigenvalue weighted by Crippen LogP contribution is 2.21. The van der Waals surface area contributed by atoms with Crippen molar-refractivity contribution < 1.29 is 14.3 Å². The molecule has 1 N–H and O–H groups in total. The van der Waals surface area contributed by atoms with Crippen LogP contribution < -0.4 is 5.32 Å². The van der Waals surface area contributed by atoms with Gasteiger partial charge in [0.2, 0.25) is 0 Å². The first-order valence-electron chi connectivity index (χ1n) is 8.35. The average molecular weight is 319 g/mol. The summed E-state index contributed by atoms with van der Waals surface area (Å²) in [5, 5.41) is 3.06. The van der Waals surface area contributed by atoms with Crippen LogP contribution in [-0.2, 0) is 9.47 Å². The first-order chi connectivity index (χ1) is 11.2. The van der Waals surface area contributed by atoms with E-state index in [0.717, 1.165) is 51.6 Å². The molecule has 2 unspecified atom stereocenters. The molecule has 6 nitrogen and oxygen atoms in total. The minimum Gasteiger partial charge on any atom is -0.381 e. The smallest absolute Gasteiger partial charge is 0.269 e. The summed E-state index contributed by atoms with van der Waals surface area (Å²) < 4.78 is 11.0. The lowest BCUT2D eigenvalue weighted by Gasteiger charge is -2.37. The maximum Gasteiger partial charge on any atom is 0.269 e. The number of morpholine rings is 1. The molecule has 2 atom stereocenters. The first-order valence-corrected chi connectivity index (χ1v) is 8.35. The maximum absolute atomic E-state index is 12.4. The highest BCUT2D eigenvalue weighted by Gasteiger charge is 2.31. The van der Waals surface area contributed by atoms with Crippen LogP contribution in [-0.4, -0.2) is 67.9 Å². The van der Waals surface area contributed by atoms with Crippen LogP contribution in [0.2, 0.25) is 0 Å². The largest absolute Gasteiger partial charge is 0.381 e. The second kappa shape index (κ2) is 7.86. The van der Waals surface area contributed by atoms with Crippen LogP contribution in [0.5, 0.6) is 0 Å². The van der Waals surface area contributed by atoms with E-state index >= 15 is 0 Å². The van der Waals surface area contributed by atoms with E-state index in [9.17, 15) is 4.79 Å². The summed E-state index contributed by atoms with van der Waals surface area (Å²) in [6, 6.07) is 5.81. The van der Waals surface area contributed by atoms with Gasteiger partial charge in [0.15, 0.2) is 0 Å². The molecule has 3 heterocycles. The van der Waals surface area contributed by atoms with Gasteiger partial charge in [0.25, 0.3) is 5.91 Å². The molecular weight excluding hydrogens is 294 g/mol. The van der Waals surface area contributed by atoms with Crippen molar-refractivity contribution in [1.82, 2.24) is 15.2 Å². The Morgan fingerprint density at radius 2 is 2.17 bits per heavy atom. The van der Waals surface area contributed by atoms with E-state index in [1.165, 1.54) is 0 Å². The highest BCUT2D eigenvalue weighted by atomic mass is 16.5. The van der Waals surface area contributed by atoms with Gasteiger partial charge in [-0.25, -0.2) is 4.98 Å². The fraction of sp³-hybridized carbons (Fsp3) is 0.647. The van der Waals surface area contributed by atoms with Crippen LogP contribution in [0.25, 0.3) is 0 Å². The lowest BCUT2D eigenvalue weighted by Crippen LogP contribution is -2.52. The van der Waals surface area contributed by atoms with E-state index in [1.54, 1.807) is 6.07 Å². The Bertz CT molecular complexity index is 526. The summed E-state index contributed by atoms with van der Waals surface area (Å²) in [6.45, 7) is 7.47. The summed E-state index contributed by atoms with van der Waals surface area (Å²) in [4.78, 5) is 19.1. The Labute approximate surface area is 137 Å². The van der Waals surface area contributed by atoms with Gasteiger partial charge >= 0.3 is 0 Å². The van der Waals surface area contributed by atoms with Crippen molar-refractivity contribution in [3.63, 3.8) is 0 Å². The van der Waals surface area contributed by atoms with Gasteiger partial charge in [-0.1, -0.05) is 6.07 Å². The molecule has 126 valence electrons. The van der Waals surface area contributed by atoms with E-state index in [0.29, 0.717) is 24.2 Å². The SMILES string of the molecule is Cc1cccc(C(=O)NCC(C2CCOC2)N2CCOCC2)n1. The zero-order valence-corrected chi connectivity index (χ0v) is 13.7. The zero-order chi connectivity index (χ0) is 16.1. The van der Waals surface area contributed by atoms with E-state index in [1.807, 2.05) is 19.1 Å². The minimum absolute atomic E-state index is 0.106. The average Bonchev–Trinajstić information content (AvgIpc) is 3.10. The second-order valence-electron chi connectivity index (χ2n) is 6.21. The van der Waals surface area contributed by atoms with Crippen molar-refractivity contribution in [3.8, 4) is 0 Å². The fourth-order valence-corrected chi connectivity index (χ4v) is 3.32. The summed E-state index contributed by atoms with van der Waals surface area (Å²) in [5.74, 6) is 0.366. The Balaban J connectivity index is 1.62. The van der Waals surface area contributed by atoms with E-state index in [2.05, 4.69) is 15.2 Å². The predicted molar refractivity (Wildman–Crippen MR) is 86.4 cm³/mol. The molecule has 2 aliphatic heterocycles. The molecule has 1 amide bonds. The van der Waals surface area contributed by atoms with Crippen LogP contribution >= 0.6 is 0 Å². The Hall–Kier alpha value is -1.50. The molecule has 3 rings (SSSR count). The third-order valence-corrected chi connectivity index (χ3v) is 4.62. The number of hydrogen-bond donors (Lipinski definition) is 1. The quantitative estimate of drug-likeness (QED) is 0.872.